The molecular weight excluding hydrogens is 328 g/mol. The molecule has 0 fully saturated rings. The van der Waals surface area contributed by atoms with E-state index in [9.17, 15) is 4.79 Å². The third kappa shape index (κ3) is 3.11. The number of hydrogen-bond acceptors (Lipinski definition) is 4. The third-order valence-corrected chi connectivity index (χ3v) is 4.97. The quantitative estimate of drug-likeness (QED) is 0.747. The lowest BCUT2D eigenvalue weighted by molar-refractivity contribution is 0.406. The van der Waals surface area contributed by atoms with E-state index in [2.05, 4.69) is 43.7 Å². The second-order valence-electron chi connectivity index (χ2n) is 7.33. The van der Waals surface area contributed by atoms with Crippen LogP contribution in [0.4, 0.5) is 0 Å². The summed E-state index contributed by atoms with van der Waals surface area (Å²) in [5.74, 6) is 1.47. The maximum absolute atomic E-state index is 12.4. The van der Waals surface area contributed by atoms with Gasteiger partial charge in [-0.2, -0.15) is 0 Å². The average molecular weight is 354 g/mol. The first-order valence-electron chi connectivity index (χ1n) is 8.99. The number of hydrogen-bond donors (Lipinski definition) is 1. The largest absolute Gasteiger partial charge is 0.496 e. The number of ether oxygens (including phenoxy) is 1. The Kier molecular flexibility index (Phi) is 4.85. The van der Waals surface area contributed by atoms with Gasteiger partial charge in [-0.15, -0.1) is 0 Å². The lowest BCUT2D eigenvalue weighted by Gasteiger charge is -2.17. The van der Waals surface area contributed by atoms with Gasteiger partial charge in [-0.3, -0.25) is 9.55 Å². The highest BCUT2D eigenvalue weighted by Gasteiger charge is 2.19. The SMILES string of the molecule is COc1cc(C(C)C)ccc1-c1cnc2[nH]c(=O)n(C(C)C(C)C)c2n1. The summed E-state index contributed by atoms with van der Waals surface area (Å²) in [4.78, 5) is 24.3. The van der Waals surface area contributed by atoms with Crippen LogP contribution in [0.25, 0.3) is 22.6 Å². The van der Waals surface area contributed by atoms with Crippen molar-refractivity contribution >= 4 is 11.3 Å². The Bertz CT molecular complexity index is 985. The Morgan fingerprint density at radius 3 is 2.50 bits per heavy atom. The summed E-state index contributed by atoms with van der Waals surface area (Å²) < 4.78 is 7.27. The van der Waals surface area contributed by atoms with Gasteiger partial charge in [0.15, 0.2) is 11.3 Å². The van der Waals surface area contributed by atoms with Crippen LogP contribution < -0.4 is 10.4 Å². The number of rotatable bonds is 5. The van der Waals surface area contributed by atoms with E-state index in [4.69, 9.17) is 9.72 Å². The number of benzene rings is 1. The van der Waals surface area contributed by atoms with Gasteiger partial charge in [0.25, 0.3) is 0 Å². The zero-order valence-electron chi connectivity index (χ0n) is 16.2. The monoisotopic (exact) mass is 354 g/mol. The molecule has 26 heavy (non-hydrogen) atoms. The fourth-order valence-electron chi connectivity index (χ4n) is 2.98. The molecule has 1 atom stereocenters. The zero-order chi connectivity index (χ0) is 19.0. The molecule has 0 aliphatic carbocycles. The topological polar surface area (TPSA) is 72.8 Å². The summed E-state index contributed by atoms with van der Waals surface area (Å²) in [5.41, 5.74) is 3.65. The van der Waals surface area contributed by atoms with E-state index in [1.54, 1.807) is 17.9 Å². The lowest BCUT2D eigenvalue weighted by atomic mass is 10.00. The molecule has 0 aliphatic rings. The van der Waals surface area contributed by atoms with Gasteiger partial charge >= 0.3 is 5.69 Å². The molecule has 1 N–H and O–H groups in total. The Balaban J connectivity index is 2.18. The molecule has 0 radical (unpaired) electrons. The van der Waals surface area contributed by atoms with E-state index in [0.717, 1.165) is 11.3 Å². The summed E-state index contributed by atoms with van der Waals surface area (Å²) in [6.07, 6.45) is 1.68. The van der Waals surface area contributed by atoms with Gasteiger partial charge in [0, 0.05) is 11.6 Å². The van der Waals surface area contributed by atoms with Crippen LogP contribution in [0, 0.1) is 5.92 Å². The van der Waals surface area contributed by atoms with Crippen LogP contribution in [0.3, 0.4) is 0 Å². The van der Waals surface area contributed by atoms with Crippen LogP contribution in [0.1, 0.15) is 52.1 Å². The fourth-order valence-corrected chi connectivity index (χ4v) is 2.98. The molecule has 0 bridgehead atoms. The predicted octanol–water partition coefficient (Wildman–Crippen LogP) is 4.14. The van der Waals surface area contributed by atoms with Crippen molar-refractivity contribution in [1.29, 1.82) is 0 Å². The second-order valence-corrected chi connectivity index (χ2v) is 7.33. The van der Waals surface area contributed by atoms with Gasteiger partial charge < -0.3 is 4.74 Å². The Hall–Kier alpha value is -2.63. The average Bonchev–Trinajstić information content (AvgIpc) is 2.95. The third-order valence-electron chi connectivity index (χ3n) is 4.97. The minimum atomic E-state index is -0.180. The minimum absolute atomic E-state index is 0.0195. The Morgan fingerprint density at radius 2 is 1.88 bits per heavy atom. The van der Waals surface area contributed by atoms with Crippen LogP contribution in [0.5, 0.6) is 5.75 Å². The molecule has 3 aromatic rings. The number of aromatic nitrogens is 4. The van der Waals surface area contributed by atoms with E-state index in [1.165, 1.54) is 5.56 Å². The van der Waals surface area contributed by atoms with Gasteiger partial charge in [0.1, 0.15) is 5.75 Å². The van der Waals surface area contributed by atoms with Gasteiger partial charge in [0.2, 0.25) is 0 Å². The van der Waals surface area contributed by atoms with Crippen molar-refractivity contribution in [3.8, 4) is 17.0 Å². The number of nitrogens with zero attached hydrogens (tertiary/aromatic N) is 3. The van der Waals surface area contributed by atoms with Gasteiger partial charge in [0.05, 0.1) is 19.0 Å². The number of imidazole rings is 1. The van der Waals surface area contributed by atoms with Crippen molar-refractivity contribution in [1.82, 2.24) is 19.5 Å². The molecule has 6 heteroatoms. The molecule has 0 aliphatic heterocycles. The number of H-pyrrole nitrogens is 1. The summed E-state index contributed by atoms with van der Waals surface area (Å²) in [6.45, 7) is 10.5. The normalized spacial score (nSPS) is 12.9. The van der Waals surface area contributed by atoms with Gasteiger partial charge in [-0.05, 0) is 36.5 Å². The van der Waals surface area contributed by atoms with Crippen molar-refractivity contribution in [2.24, 2.45) is 5.92 Å². The van der Waals surface area contributed by atoms with Crippen molar-refractivity contribution in [3.63, 3.8) is 0 Å². The summed E-state index contributed by atoms with van der Waals surface area (Å²) in [6, 6.07) is 6.14. The molecule has 2 aromatic heterocycles. The van der Waals surface area contributed by atoms with Crippen molar-refractivity contribution in [3.05, 3.63) is 40.4 Å². The number of aromatic amines is 1. The molecule has 1 unspecified atom stereocenters. The molecule has 0 saturated carbocycles. The summed E-state index contributed by atoms with van der Waals surface area (Å²) in [5, 5.41) is 0. The number of fused-ring (bicyclic) bond motifs is 1. The van der Waals surface area contributed by atoms with Crippen molar-refractivity contribution in [2.45, 2.75) is 46.6 Å². The van der Waals surface area contributed by atoms with Crippen LogP contribution in [-0.2, 0) is 0 Å². The summed E-state index contributed by atoms with van der Waals surface area (Å²) >= 11 is 0. The molecule has 138 valence electrons. The minimum Gasteiger partial charge on any atom is -0.496 e. The standard InChI is InChI=1S/C20H26N4O2/c1-11(2)13(5)24-19-18(23-20(24)25)21-10-16(22-19)15-8-7-14(12(3)4)9-17(15)26-6/h7-13H,1-6H3,(H,21,23,25). The number of nitrogens with one attached hydrogen (secondary N) is 1. The highest BCUT2D eigenvalue weighted by Crippen LogP contribution is 2.32. The van der Waals surface area contributed by atoms with E-state index >= 15 is 0 Å². The zero-order valence-corrected chi connectivity index (χ0v) is 16.2. The molecule has 1 aromatic carbocycles. The molecule has 0 amide bonds. The lowest BCUT2D eigenvalue weighted by Crippen LogP contribution is -2.24. The molecule has 0 spiro atoms. The molecule has 6 nitrogen and oxygen atoms in total. The predicted molar refractivity (Wildman–Crippen MR) is 104 cm³/mol. The molecular formula is C20H26N4O2. The second kappa shape index (κ2) is 6.94. The van der Waals surface area contributed by atoms with E-state index in [-0.39, 0.29) is 11.7 Å². The first-order valence-corrected chi connectivity index (χ1v) is 8.99. The van der Waals surface area contributed by atoms with Crippen LogP contribution in [-0.4, -0.2) is 26.6 Å². The highest BCUT2D eigenvalue weighted by molar-refractivity contribution is 5.74. The first kappa shape index (κ1) is 18.2. The maximum Gasteiger partial charge on any atom is 0.329 e. The Labute approximate surface area is 153 Å². The smallest absolute Gasteiger partial charge is 0.329 e. The van der Waals surface area contributed by atoms with Crippen LogP contribution in [0.15, 0.2) is 29.2 Å². The highest BCUT2D eigenvalue weighted by atomic mass is 16.5. The van der Waals surface area contributed by atoms with Crippen molar-refractivity contribution < 1.29 is 4.74 Å². The number of methoxy groups -OCH3 is 1. The van der Waals surface area contributed by atoms with Crippen LogP contribution >= 0.6 is 0 Å². The van der Waals surface area contributed by atoms with E-state index in [0.29, 0.717) is 28.8 Å². The van der Waals surface area contributed by atoms with E-state index in [1.807, 2.05) is 19.1 Å². The molecule has 2 heterocycles. The Morgan fingerprint density at radius 1 is 1.15 bits per heavy atom. The molecule has 3 rings (SSSR count). The first-order chi connectivity index (χ1) is 12.3. The van der Waals surface area contributed by atoms with Crippen molar-refractivity contribution in [2.75, 3.05) is 7.11 Å². The van der Waals surface area contributed by atoms with Crippen LogP contribution in [0.2, 0.25) is 0 Å². The van der Waals surface area contributed by atoms with Gasteiger partial charge in [-0.1, -0.05) is 33.8 Å². The fraction of sp³-hybridized carbons (Fsp3) is 0.450. The van der Waals surface area contributed by atoms with Gasteiger partial charge in [-0.25, -0.2) is 14.8 Å². The molecule has 0 saturated heterocycles. The maximum atomic E-state index is 12.4. The van der Waals surface area contributed by atoms with E-state index < -0.39 is 0 Å². The summed E-state index contributed by atoms with van der Waals surface area (Å²) in [7, 11) is 1.65.